The summed E-state index contributed by atoms with van der Waals surface area (Å²) in [6.07, 6.45) is 0.758. The molecule has 0 aliphatic carbocycles. The highest BCUT2D eigenvalue weighted by Crippen LogP contribution is 2.35. The van der Waals surface area contributed by atoms with Gasteiger partial charge >= 0.3 is 6.01 Å². The molecule has 0 fully saturated rings. The van der Waals surface area contributed by atoms with Crippen LogP contribution in [-0.2, 0) is 6.42 Å². The van der Waals surface area contributed by atoms with E-state index in [1.54, 1.807) is 0 Å². The minimum atomic E-state index is 0.200. The number of benzene rings is 1. The zero-order valence-electron chi connectivity index (χ0n) is 15.3. The fraction of sp³-hybridized carbons (Fsp3) is 0.250. The minimum Gasteiger partial charge on any atom is -0.477 e. The van der Waals surface area contributed by atoms with E-state index in [0.717, 1.165) is 28.7 Å². The van der Waals surface area contributed by atoms with E-state index in [0.29, 0.717) is 34.3 Å². The molecule has 27 heavy (non-hydrogen) atoms. The van der Waals surface area contributed by atoms with E-state index >= 15 is 0 Å². The normalized spacial score (nSPS) is 11.3. The topological polar surface area (TPSA) is 72.9 Å². The second-order valence-electron chi connectivity index (χ2n) is 6.15. The first kappa shape index (κ1) is 17.5. The van der Waals surface area contributed by atoms with E-state index in [-0.39, 0.29) is 6.01 Å². The molecule has 0 radical (unpaired) electrons. The molecule has 0 aliphatic heterocycles. The summed E-state index contributed by atoms with van der Waals surface area (Å²) in [6.45, 7) is 6.35. The van der Waals surface area contributed by atoms with Gasteiger partial charge in [0, 0.05) is 16.8 Å². The highest BCUT2D eigenvalue weighted by molar-refractivity contribution is 6.36. The number of hydrogen-bond acceptors (Lipinski definition) is 5. The summed E-state index contributed by atoms with van der Waals surface area (Å²) >= 11 is 6.45. The van der Waals surface area contributed by atoms with Crippen molar-refractivity contribution in [2.45, 2.75) is 27.2 Å². The Morgan fingerprint density at radius 3 is 2.70 bits per heavy atom. The summed E-state index contributed by atoms with van der Waals surface area (Å²) in [4.78, 5) is 16.6. The molecule has 6 nitrogen and oxygen atoms in total. The van der Waals surface area contributed by atoms with Gasteiger partial charge in [-0.2, -0.15) is 9.97 Å². The lowest BCUT2D eigenvalue weighted by Gasteiger charge is -2.08. The maximum atomic E-state index is 6.45. The van der Waals surface area contributed by atoms with Gasteiger partial charge in [0.2, 0.25) is 5.88 Å². The van der Waals surface area contributed by atoms with Crippen molar-refractivity contribution >= 4 is 33.5 Å². The standard InChI is InChI=1S/C20H19ClN4O2/c1-4-14-17(21)16-18(23-14)24-20(25-19(16)26-5-2)27-13-8-9-15-12(10-13)7-6-11(3)22-15/h6-10H,4-5H2,1-3H3,(H,23,24,25). The van der Waals surface area contributed by atoms with E-state index in [1.807, 2.05) is 51.1 Å². The van der Waals surface area contributed by atoms with Gasteiger partial charge in [-0.05, 0) is 44.5 Å². The average Bonchev–Trinajstić information content (AvgIpc) is 2.98. The van der Waals surface area contributed by atoms with Gasteiger partial charge < -0.3 is 14.5 Å². The number of pyridine rings is 1. The maximum Gasteiger partial charge on any atom is 0.327 e. The van der Waals surface area contributed by atoms with Crippen molar-refractivity contribution in [3.05, 3.63) is 46.7 Å². The van der Waals surface area contributed by atoms with Crippen LogP contribution in [0.15, 0.2) is 30.3 Å². The third-order valence-electron chi connectivity index (χ3n) is 4.25. The second-order valence-corrected chi connectivity index (χ2v) is 6.53. The third-order valence-corrected chi connectivity index (χ3v) is 4.67. The van der Waals surface area contributed by atoms with E-state index in [2.05, 4.69) is 19.9 Å². The smallest absolute Gasteiger partial charge is 0.327 e. The van der Waals surface area contributed by atoms with Gasteiger partial charge in [-0.15, -0.1) is 0 Å². The molecular formula is C20H19ClN4O2. The van der Waals surface area contributed by atoms with Gasteiger partial charge in [-0.3, -0.25) is 4.98 Å². The van der Waals surface area contributed by atoms with Crippen LogP contribution in [0, 0.1) is 6.92 Å². The molecule has 4 aromatic rings. The van der Waals surface area contributed by atoms with Gasteiger partial charge in [0.1, 0.15) is 16.8 Å². The monoisotopic (exact) mass is 382 g/mol. The lowest BCUT2D eigenvalue weighted by Crippen LogP contribution is -1.99. The van der Waals surface area contributed by atoms with E-state index in [1.165, 1.54) is 0 Å². The van der Waals surface area contributed by atoms with Crippen molar-refractivity contribution in [1.82, 2.24) is 19.9 Å². The minimum absolute atomic E-state index is 0.200. The fourth-order valence-corrected chi connectivity index (χ4v) is 3.31. The largest absolute Gasteiger partial charge is 0.477 e. The van der Waals surface area contributed by atoms with Crippen molar-refractivity contribution in [2.24, 2.45) is 0 Å². The van der Waals surface area contributed by atoms with Crippen LogP contribution in [0.1, 0.15) is 25.2 Å². The van der Waals surface area contributed by atoms with E-state index in [4.69, 9.17) is 21.1 Å². The van der Waals surface area contributed by atoms with Gasteiger partial charge in [-0.1, -0.05) is 24.6 Å². The number of ether oxygens (including phenoxy) is 2. The van der Waals surface area contributed by atoms with Crippen LogP contribution in [0.2, 0.25) is 5.02 Å². The Morgan fingerprint density at radius 2 is 1.93 bits per heavy atom. The third kappa shape index (κ3) is 3.28. The summed E-state index contributed by atoms with van der Waals surface area (Å²) in [6, 6.07) is 9.86. The molecule has 0 spiro atoms. The van der Waals surface area contributed by atoms with Gasteiger partial charge in [-0.25, -0.2) is 0 Å². The highest BCUT2D eigenvalue weighted by atomic mass is 35.5. The Morgan fingerprint density at radius 1 is 1.07 bits per heavy atom. The Labute approximate surface area is 161 Å². The fourth-order valence-electron chi connectivity index (χ4n) is 2.96. The first-order valence-electron chi connectivity index (χ1n) is 8.85. The van der Waals surface area contributed by atoms with Crippen LogP contribution in [0.5, 0.6) is 17.6 Å². The number of aromatic nitrogens is 4. The Bertz CT molecular complexity index is 1140. The van der Waals surface area contributed by atoms with Gasteiger partial charge in [0.05, 0.1) is 17.1 Å². The summed E-state index contributed by atoms with van der Waals surface area (Å²) in [5.74, 6) is 1.04. The molecule has 0 unspecified atom stereocenters. The molecule has 4 rings (SSSR count). The van der Waals surface area contributed by atoms with Crippen molar-refractivity contribution in [2.75, 3.05) is 6.61 Å². The molecule has 0 bridgehead atoms. The first-order chi connectivity index (χ1) is 13.1. The van der Waals surface area contributed by atoms with Crippen molar-refractivity contribution in [3.63, 3.8) is 0 Å². The van der Waals surface area contributed by atoms with Crippen LogP contribution in [0.4, 0.5) is 0 Å². The maximum absolute atomic E-state index is 6.45. The van der Waals surface area contributed by atoms with E-state index < -0.39 is 0 Å². The van der Waals surface area contributed by atoms with E-state index in [9.17, 15) is 0 Å². The molecule has 0 saturated heterocycles. The lowest BCUT2D eigenvalue weighted by molar-refractivity contribution is 0.323. The van der Waals surface area contributed by atoms with Crippen molar-refractivity contribution in [1.29, 1.82) is 0 Å². The van der Waals surface area contributed by atoms with Crippen LogP contribution in [-0.4, -0.2) is 26.5 Å². The Hall–Kier alpha value is -2.86. The number of aromatic amines is 1. The number of hydrogen-bond donors (Lipinski definition) is 1. The van der Waals surface area contributed by atoms with Crippen LogP contribution < -0.4 is 9.47 Å². The van der Waals surface area contributed by atoms with Crippen molar-refractivity contribution in [3.8, 4) is 17.6 Å². The molecule has 0 aliphatic rings. The molecule has 1 N–H and O–H groups in total. The number of rotatable bonds is 5. The van der Waals surface area contributed by atoms with Crippen LogP contribution in [0.25, 0.3) is 21.9 Å². The molecular weight excluding hydrogens is 364 g/mol. The summed E-state index contributed by atoms with van der Waals surface area (Å²) in [5, 5.41) is 2.26. The molecule has 0 saturated carbocycles. The number of fused-ring (bicyclic) bond motifs is 2. The van der Waals surface area contributed by atoms with Crippen LogP contribution >= 0.6 is 11.6 Å². The second kappa shape index (κ2) is 7.04. The predicted octanol–water partition coefficient (Wildman–Crippen LogP) is 5.22. The zero-order valence-corrected chi connectivity index (χ0v) is 16.1. The number of aryl methyl sites for hydroxylation is 2. The highest BCUT2D eigenvalue weighted by Gasteiger charge is 2.18. The lowest BCUT2D eigenvalue weighted by atomic mass is 10.2. The van der Waals surface area contributed by atoms with Crippen molar-refractivity contribution < 1.29 is 9.47 Å². The molecule has 138 valence electrons. The number of halogens is 1. The number of nitrogens with zero attached hydrogens (tertiary/aromatic N) is 3. The molecule has 3 heterocycles. The first-order valence-corrected chi connectivity index (χ1v) is 9.23. The summed E-state index contributed by atoms with van der Waals surface area (Å²) in [7, 11) is 0. The van der Waals surface area contributed by atoms with Gasteiger partial charge in [0.15, 0.2) is 0 Å². The zero-order chi connectivity index (χ0) is 19.0. The number of H-pyrrole nitrogens is 1. The molecule has 0 amide bonds. The predicted molar refractivity (Wildman–Crippen MR) is 106 cm³/mol. The number of nitrogens with one attached hydrogen (secondary N) is 1. The molecule has 3 aromatic heterocycles. The quantitative estimate of drug-likeness (QED) is 0.512. The summed E-state index contributed by atoms with van der Waals surface area (Å²) in [5.41, 5.74) is 3.38. The Balaban J connectivity index is 1.76. The summed E-state index contributed by atoms with van der Waals surface area (Å²) < 4.78 is 11.6. The molecule has 1 aromatic carbocycles. The molecule has 0 atom stereocenters. The SMILES string of the molecule is CCOc1nc(Oc2ccc3nc(C)ccc3c2)nc2[nH]c(CC)c(Cl)c12. The molecule has 7 heteroatoms. The van der Waals surface area contributed by atoms with Gasteiger partial charge in [0.25, 0.3) is 0 Å². The Kier molecular flexibility index (Phi) is 4.58. The average molecular weight is 383 g/mol. The van der Waals surface area contributed by atoms with Crippen LogP contribution in [0.3, 0.4) is 0 Å².